The normalized spacial score (nSPS) is 18.2. The molecular weight excluding hydrogens is 256 g/mol. The van der Waals surface area contributed by atoms with Crippen molar-refractivity contribution in [3.05, 3.63) is 34.0 Å². The monoisotopic (exact) mass is 280 g/mol. The number of nitrogens with zero attached hydrogens (tertiary/aromatic N) is 1. The van der Waals surface area contributed by atoms with Crippen LogP contribution in [0.2, 0.25) is 0 Å². The Morgan fingerprint density at radius 2 is 2.26 bits per heavy atom. The summed E-state index contributed by atoms with van der Waals surface area (Å²) in [5.41, 5.74) is 1.37. The van der Waals surface area contributed by atoms with Crippen molar-refractivity contribution < 1.29 is 4.74 Å². The van der Waals surface area contributed by atoms with E-state index < -0.39 is 0 Å². The molecule has 1 N–H and O–H groups in total. The van der Waals surface area contributed by atoms with Gasteiger partial charge in [-0.2, -0.15) is 0 Å². The molecule has 0 bridgehead atoms. The highest BCUT2D eigenvalue weighted by Crippen LogP contribution is 2.25. The Morgan fingerprint density at radius 3 is 2.89 bits per heavy atom. The van der Waals surface area contributed by atoms with E-state index in [0.29, 0.717) is 6.04 Å². The Balaban J connectivity index is 1.92. The second-order valence-electron chi connectivity index (χ2n) is 5.12. The van der Waals surface area contributed by atoms with Crippen LogP contribution in [0.25, 0.3) is 0 Å². The van der Waals surface area contributed by atoms with Crippen LogP contribution in [0.15, 0.2) is 29.2 Å². The lowest BCUT2D eigenvalue weighted by atomic mass is 10.2. The molecule has 1 atom stereocenters. The zero-order chi connectivity index (χ0) is 13.5. The van der Waals surface area contributed by atoms with Crippen molar-refractivity contribution in [3.8, 4) is 0 Å². The predicted octanol–water partition coefficient (Wildman–Crippen LogP) is 2.68. The molecule has 1 aliphatic heterocycles. The molecule has 2 rings (SSSR count). The minimum Gasteiger partial charge on any atom is -0.379 e. The van der Waals surface area contributed by atoms with Crippen molar-refractivity contribution in [2.45, 2.75) is 19.9 Å². The molecule has 3 nitrogen and oxygen atoms in total. The maximum atomic E-state index is 5.46. The standard InChI is InChI=1S/C15H24N2OS/c1-13(2)5-6-16-12-14(15-4-3-11-19-15)17-7-9-18-10-8-17/h3-5,11,14,16H,6-10,12H2,1-2H3. The van der Waals surface area contributed by atoms with Gasteiger partial charge in [0.1, 0.15) is 0 Å². The molecular formula is C15H24N2OS. The summed E-state index contributed by atoms with van der Waals surface area (Å²) in [5, 5.41) is 5.72. The highest BCUT2D eigenvalue weighted by molar-refractivity contribution is 7.10. The Hall–Kier alpha value is -0.680. The van der Waals surface area contributed by atoms with Crippen molar-refractivity contribution in [2.24, 2.45) is 0 Å². The van der Waals surface area contributed by atoms with Crippen LogP contribution in [-0.4, -0.2) is 44.3 Å². The fraction of sp³-hybridized carbons (Fsp3) is 0.600. The van der Waals surface area contributed by atoms with Gasteiger partial charge >= 0.3 is 0 Å². The first kappa shape index (κ1) is 14.7. The molecule has 4 heteroatoms. The largest absolute Gasteiger partial charge is 0.379 e. The highest BCUT2D eigenvalue weighted by Gasteiger charge is 2.22. The molecule has 1 fully saturated rings. The maximum absolute atomic E-state index is 5.46. The number of ether oxygens (including phenoxy) is 1. The second kappa shape index (κ2) is 7.80. The Morgan fingerprint density at radius 1 is 1.47 bits per heavy atom. The van der Waals surface area contributed by atoms with Crippen LogP contribution in [0, 0.1) is 0 Å². The van der Waals surface area contributed by atoms with E-state index in [-0.39, 0.29) is 0 Å². The summed E-state index contributed by atoms with van der Waals surface area (Å²) in [6, 6.07) is 4.87. The molecule has 1 unspecified atom stereocenters. The summed E-state index contributed by atoms with van der Waals surface area (Å²) in [4.78, 5) is 3.98. The van der Waals surface area contributed by atoms with Gasteiger partial charge in [0.15, 0.2) is 0 Å². The topological polar surface area (TPSA) is 24.5 Å². The minimum atomic E-state index is 0.481. The fourth-order valence-electron chi connectivity index (χ4n) is 2.28. The van der Waals surface area contributed by atoms with Gasteiger partial charge in [-0.15, -0.1) is 11.3 Å². The lowest BCUT2D eigenvalue weighted by Crippen LogP contribution is -2.42. The van der Waals surface area contributed by atoms with Gasteiger partial charge in [0.25, 0.3) is 0 Å². The number of thiophene rings is 1. The fourth-order valence-corrected chi connectivity index (χ4v) is 3.14. The van der Waals surface area contributed by atoms with Crippen LogP contribution in [0.1, 0.15) is 24.8 Å². The van der Waals surface area contributed by atoms with Crippen molar-refractivity contribution in [1.29, 1.82) is 0 Å². The van der Waals surface area contributed by atoms with Gasteiger partial charge in [-0.25, -0.2) is 0 Å². The summed E-state index contributed by atoms with van der Waals surface area (Å²) < 4.78 is 5.46. The van der Waals surface area contributed by atoms with Crippen molar-refractivity contribution in [1.82, 2.24) is 10.2 Å². The molecule has 19 heavy (non-hydrogen) atoms. The van der Waals surface area contributed by atoms with Gasteiger partial charge in [0.05, 0.1) is 19.3 Å². The third kappa shape index (κ3) is 4.73. The number of morpholine rings is 1. The minimum absolute atomic E-state index is 0.481. The van der Waals surface area contributed by atoms with Crippen LogP contribution in [-0.2, 0) is 4.74 Å². The van der Waals surface area contributed by atoms with E-state index in [2.05, 4.69) is 47.7 Å². The lowest BCUT2D eigenvalue weighted by molar-refractivity contribution is 0.0170. The number of rotatable bonds is 6. The van der Waals surface area contributed by atoms with Crippen molar-refractivity contribution in [2.75, 3.05) is 39.4 Å². The van der Waals surface area contributed by atoms with Crippen LogP contribution in [0.5, 0.6) is 0 Å². The summed E-state index contributed by atoms with van der Waals surface area (Å²) in [6.45, 7) is 10.0. The SMILES string of the molecule is CC(C)=CCNCC(c1cccs1)N1CCOCC1. The molecule has 1 aromatic heterocycles. The van der Waals surface area contributed by atoms with Crippen molar-refractivity contribution in [3.63, 3.8) is 0 Å². The van der Waals surface area contributed by atoms with Gasteiger partial charge in [-0.1, -0.05) is 17.7 Å². The van der Waals surface area contributed by atoms with E-state index >= 15 is 0 Å². The molecule has 0 aliphatic carbocycles. The molecule has 1 aliphatic rings. The van der Waals surface area contributed by atoms with E-state index in [1.165, 1.54) is 10.5 Å². The third-order valence-corrected chi connectivity index (χ3v) is 4.32. The smallest absolute Gasteiger partial charge is 0.0594 e. The molecule has 0 radical (unpaired) electrons. The van der Waals surface area contributed by atoms with E-state index in [9.17, 15) is 0 Å². The van der Waals surface area contributed by atoms with E-state index in [1.807, 2.05) is 11.3 Å². The van der Waals surface area contributed by atoms with Gasteiger partial charge < -0.3 is 10.1 Å². The first-order valence-corrected chi connectivity index (χ1v) is 7.84. The highest BCUT2D eigenvalue weighted by atomic mass is 32.1. The Labute approximate surface area is 120 Å². The van der Waals surface area contributed by atoms with Crippen molar-refractivity contribution >= 4 is 11.3 Å². The van der Waals surface area contributed by atoms with Crippen LogP contribution >= 0.6 is 11.3 Å². The predicted molar refractivity (Wildman–Crippen MR) is 81.8 cm³/mol. The summed E-state index contributed by atoms with van der Waals surface area (Å²) in [6.07, 6.45) is 2.24. The van der Waals surface area contributed by atoms with Gasteiger partial charge in [0.2, 0.25) is 0 Å². The van der Waals surface area contributed by atoms with E-state index in [4.69, 9.17) is 4.74 Å². The molecule has 0 aromatic carbocycles. The molecule has 0 amide bonds. The van der Waals surface area contributed by atoms with Gasteiger partial charge in [0, 0.05) is 31.1 Å². The Kier molecular flexibility index (Phi) is 6.04. The average Bonchev–Trinajstić information content (AvgIpc) is 2.93. The van der Waals surface area contributed by atoms with Crippen LogP contribution in [0.3, 0.4) is 0 Å². The quantitative estimate of drug-likeness (QED) is 0.640. The first-order valence-electron chi connectivity index (χ1n) is 6.96. The molecule has 2 heterocycles. The van der Waals surface area contributed by atoms with Crippen LogP contribution < -0.4 is 5.32 Å². The van der Waals surface area contributed by atoms with Gasteiger partial charge in [-0.05, 0) is 25.3 Å². The Bertz CT molecular complexity index is 379. The summed E-state index contributed by atoms with van der Waals surface area (Å²) >= 11 is 1.85. The zero-order valence-corrected chi connectivity index (χ0v) is 12.7. The molecule has 1 aromatic rings. The number of hydrogen-bond donors (Lipinski definition) is 1. The van der Waals surface area contributed by atoms with E-state index in [0.717, 1.165) is 39.4 Å². The molecule has 0 spiro atoms. The van der Waals surface area contributed by atoms with Crippen LogP contribution in [0.4, 0.5) is 0 Å². The van der Waals surface area contributed by atoms with Gasteiger partial charge in [-0.3, -0.25) is 4.90 Å². The van der Waals surface area contributed by atoms with E-state index in [1.54, 1.807) is 0 Å². The average molecular weight is 280 g/mol. The summed E-state index contributed by atoms with van der Waals surface area (Å²) in [7, 11) is 0. The lowest BCUT2D eigenvalue weighted by Gasteiger charge is -2.34. The number of nitrogens with one attached hydrogen (secondary N) is 1. The molecule has 0 saturated carbocycles. The molecule has 1 saturated heterocycles. The number of allylic oxidation sites excluding steroid dienone is 1. The number of hydrogen-bond acceptors (Lipinski definition) is 4. The molecule has 106 valence electrons. The summed E-state index contributed by atoms with van der Waals surface area (Å²) in [5.74, 6) is 0. The maximum Gasteiger partial charge on any atom is 0.0594 e. The second-order valence-corrected chi connectivity index (χ2v) is 6.10. The third-order valence-electron chi connectivity index (χ3n) is 3.35. The first-order chi connectivity index (χ1) is 9.27. The zero-order valence-electron chi connectivity index (χ0n) is 11.9.